The predicted octanol–water partition coefficient (Wildman–Crippen LogP) is 3.50. The number of piperidine rings is 1. The number of nitrogens with zero attached hydrogens (tertiary/aromatic N) is 2. The van der Waals surface area contributed by atoms with Crippen molar-refractivity contribution in [1.29, 1.82) is 0 Å². The summed E-state index contributed by atoms with van der Waals surface area (Å²) in [7, 11) is -1.30. The number of amides is 2. The summed E-state index contributed by atoms with van der Waals surface area (Å²) in [5, 5.41) is 3.07. The van der Waals surface area contributed by atoms with Crippen LogP contribution in [0.1, 0.15) is 68.6 Å². The van der Waals surface area contributed by atoms with Crippen molar-refractivity contribution in [1.82, 2.24) is 14.5 Å². The Labute approximate surface area is 202 Å². The molecule has 0 unspecified atom stereocenters. The number of thioether (sulfide) groups is 1. The van der Waals surface area contributed by atoms with Crippen molar-refractivity contribution in [3.05, 3.63) is 29.8 Å². The molecule has 2 fully saturated rings. The van der Waals surface area contributed by atoms with Gasteiger partial charge >= 0.3 is 0 Å². The van der Waals surface area contributed by atoms with E-state index in [2.05, 4.69) is 5.32 Å². The summed E-state index contributed by atoms with van der Waals surface area (Å²) in [5.41, 5.74) is 0.566. The first-order chi connectivity index (χ1) is 15.8. The zero-order valence-electron chi connectivity index (χ0n) is 19.8. The molecule has 0 atom stereocenters. The summed E-state index contributed by atoms with van der Waals surface area (Å²) < 4.78 is 26.1. The highest BCUT2D eigenvalue weighted by Gasteiger charge is 2.28. The molecule has 0 radical (unpaired) electrons. The van der Waals surface area contributed by atoms with Gasteiger partial charge in [0.1, 0.15) is 0 Å². The maximum Gasteiger partial charge on any atom is 0.252 e. The van der Waals surface area contributed by atoms with Crippen molar-refractivity contribution in [2.75, 3.05) is 31.6 Å². The molecular weight excluding hydrogens is 458 g/mol. The van der Waals surface area contributed by atoms with Crippen LogP contribution < -0.4 is 5.32 Å². The van der Waals surface area contributed by atoms with Crippen molar-refractivity contribution in [3.8, 4) is 0 Å². The lowest BCUT2D eigenvalue weighted by molar-refractivity contribution is -0.129. The van der Waals surface area contributed by atoms with Crippen LogP contribution in [0.2, 0.25) is 0 Å². The van der Waals surface area contributed by atoms with Gasteiger partial charge in [-0.15, -0.1) is 11.8 Å². The van der Waals surface area contributed by atoms with Gasteiger partial charge in [-0.05, 0) is 44.2 Å². The summed E-state index contributed by atoms with van der Waals surface area (Å²) in [6.07, 6.45) is 7.58. The molecule has 1 saturated carbocycles. The van der Waals surface area contributed by atoms with E-state index in [0.29, 0.717) is 49.7 Å². The molecule has 1 aliphatic heterocycles. The van der Waals surface area contributed by atoms with Gasteiger partial charge in [0.2, 0.25) is 15.9 Å². The van der Waals surface area contributed by atoms with Gasteiger partial charge in [-0.3, -0.25) is 9.59 Å². The van der Waals surface area contributed by atoms with Gasteiger partial charge in [-0.1, -0.05) is 38.3 Å². The van der Waals surface area contributed by atoms with Crippen molar-refractivity contribution < 1.29 is 18.0 Å². The minimum Gasteiger partial charge on any atom is -0.349 e. The first-order valence-electron chi connectivity index (χ1n) is 12.1. The maximum atomic E-state index is 13.0. The summed E-state index contributed by atoms with van der Waals surface area (Å²) >= 11 is 1.41. The third-order valence-electron chi connectivity index (χ3n) is 6.64. The number of nitrogens with one attached hydrogen (secondary N) is 1. The van der Waals surface area contributed by atoms with Crippen LogP contribution in [-0.2, 0) is 14.8 Å². The van der Waals surface area contributed by atoms with Crippen molar-refractivity contribution >= 4 is 33.6 Å². The number of benzene rings is 1. The van der Waals surface area contributed by atoms with E-state index in [4.69, 9.17) is 0 Å². The molecule has 33 heavy (non-hydrogen) atoms. The first kappa shape index (κ1) is 26.0. The lowest BCUT2D eigenvalue weighted by Crippen LogP contribution is -2.47. The van der Waals surface area contributed by atoms with E-state index < -0.39 is 10.0 Å². The Kier molecular flexibility index (Phi) is 9.64. The second-order valence-corrected chi connectivity index (χ2v) is 12.1. The lowest BCUT2D eigenvalue weighted by Gasteiger charge is -2.32. The Hall–Kier alpha value is -1.58. The van der Waals surface area contributed by atoms with Crippen LogP contribution in [0, 0.1) is 0 Å². The molecule has 0 aromatic heterocycles. The summed E-state index contributed by atoms with van der Waals surface area (Å²) in [6, 6.07) is 7.65. The Morgan fingerprint density at radius 2 is 1.76 bits per heavy atom. The molecule has 2 aliphatic rings. The second kappa shape index (κ2) is 12.2. The molecule has 0 bridgehead atoms. The Morgan fingerprint density at radius 1 is 1.09 bits per heavy atom. The number of hydrogen-bond acceptors (Lipinski definition) is 5. The number of rotatable bonds is 9. The monoisotopic (exact) mass is 495 g/mol. The zero-order valence-corrected chi connectivity index (χ0v) is 21.4. The summed E-state index contributed by atoms with van der Waals surface area (Å²) in [5.74, 6) is 0.415. The largest absolute Gasteiger partial charge is 0.349 e. The molecule has 3 rings (SSSR count). The van der Waals surface area contributed by atoms with Gasteiger partial charge in [0, 0.05) is 37.1 Å². The molecule has 7 nitrogen and oxygen atoms in total. The van der Waals surface area contributed by atoms with Crippen LogP contribution in [-0.4, -0.2) is 73.2 Å². The molecule has 0 spiro atoms. The van der Waals surface area contributed by atoms with Crippen molar-refractivity contribution in [2.45, 2.75) is 75.3 Å². The summed E-state index contributed by atoms with van der Waals surface area (Å²) in [6.45, 7) is 2.74. The highest BCUT2D eigenvalue weighted by Crippen LogP contribution is 2.26. The van der Waals surface area contributed by atoms with E-state index in [9.17, 15) is 18.0 Å². The standard InChI is InChI=1S/C24H37N3O4S2/c1-3-17-33(30,31)27-15-13-19(14-16-27)25-24(29)21-11-7-8-12-22(21)32-18-23(28)26(2)20-9-5-4-6-10-20/h7-8,11-12,19-20H,3-6,9-10,13-18H2,1-2H3,(H,25,29). The van der Waals surface area contributed by atoms with Crippen LogP contribution in [0.25, 0.3) is 0 Å². The molecule has 184 valence electrons. The average Bonchev–Trinajstić information content (AvgIpc) is 2.83. The Bertz CT molecular complexity index is 908. The fourth-order valence-electron chi connectivity index (χ4n) is 4.62. The highest BCUT2D eigenvalue weighted by molar-refractivity contribution is 8.00. The zero-order chi connectivity index (χ0) is 23.8. The Morgan fingerprint density at radius 3 is 2.42 bits per heavy atom. The fourth-order valence-corrected chi connectivity index (χ4v) is 7.14. The van der Waals surface area contributed by atoms with E-state index in [0.717, 1.165) is 17.7 Å². The minimum atomic E-state index is -3.19. The average molecular weight is 496 g/mol. The molecule has 1 N–H and O–H groups in total. The van der Waals surface area contributed by atoms with E-state index in [1.807, 2.05) is 37.1 Å². The molecule has 1 saturated heterocycles. The number of sulfonamides is 1. The van der Waals surface area contributed by atoms with Crippen molar-refractivity contribution in [3.63, 3.8) is 0 Å². The first-order valence-corrected chi connectivity index (χ1v) is 14.7. The van der Waals surface area contributed by atoms with E-state index >= 15 is 0 Å². The molecular formula is C24H37N3O4S2. The molecule has 2 amide bonds. The second-order valence-electron chi connectivity index (χ2n) is 9.04. The summed E-state index contributed by atoms with van der Waals surface area (Å²) in [4.78, 5) is 28.4. The smallest absolute Gasteiger partial charge is 0.252 e. The van der Waals surface area contributed by atoms with Crippen LogP contribution in [0.15, 0.2) is 29.2 Å². The third-order valence-corrected chi connectivity index (χ3v) is 9.78. The quantitative estimate of drug-likeness (QED) is 0.530. The van der Waals surface area contributed by atoms with Gasteiger partial charge in [0.25, 0.3) is 5.91 Å². The number of carbonyl (C=O) groups excluding carboxylic acids is 2. The van der Waals surface area contributed by atoms with Gasteiger partial charge in [-0.2, -0.15) is 0 Å². The van der Waals surface area contributed by atoms with E-state index in [1.54, 1.807) is 6.07 Å². The molecule has 1 heterocycles. The molecule has 1 aromatic carbocycles. The molecule has 1 aromatic rings. The lowest BCUT2D eigenvalue weighted by atomic mass is 9.94. The maximum absolute atomic E-state index is 13.0. The van der Waals surface area contributed by atoms with Crippen molar-refractivity contribution in [2.24, 2.45) is 0 Å². The van der Waals surface area contributed by atoms with Gasteiger partial charge in [0.15, 0.2) is 0 Å². The van der Waals surface area contributed by atoms with Gasteiger partial charge in [-0.25, -0.2) is 12.7 Å². The van der Waals surface area contributed by atoms with E-state index in [-0.39, 0.29) is 23.6 Å². The van der Waals surface area contributed by atoms with Crippen LogP contribution in [0.5, 0.6) is 0 Å². The molecule has 1 aliphatic carbocycles. The number of carbonyl (C=O) groups is 2. The highest BCUT2D eigenvalue weighted by atomic mass is 32.2. The number of hydrogen-bond donors (Lipinski definition) is 1. The molecule has 9 heteroatoms. The van der Waals surface area contributed by atoms with Crippen LogP contribution in [0.4, 0.5) is 0 Å². The van der Waals surface area contributed by atoms with Gasteiger partial charge in [0.05, 0.1) is 17.1 Å². The SMILES string of the molecule is CCCS(=O)(=O)N1CCC(NC(=O)c2ccccc2SCC(=O)N(C)C2CCCCC2)CC1. The topological polar surface area (TPSA) is 86.8 Å². The normalized spacial score (nSPS) is 18.7. The minimum absolute atomic E-state index is 0.0531. The van der Waals surface area contributed by atoms with Gasteiger partial charge < -0.3 is 10.2 Å². The predicted molar refractivity (Wildman–Crippen MR) is 133 cm³/mol. The fraction of sp³-hybridized carbons (Fsp3) is 0.667. The van der Waals surface area contributed by atoms with E-state index in [1.165, 1.54) is 35.3 Å². The Balaban J connectivity index is 1.53. The van der Waals surface area contributed by atoms with Crippen LogP contribution >= 0.6 is 11.8 Å². The van der Waals surface area contributed by atoms with Crippen LogP contribution in [0.3, 0.4) is 0 Å². The third kappa shape index (κ3) is 7.20.